The fourth-order valence-electron chi connectivity index (χ4n) is 2.47. The summed E-state index contributed by atoms with van der Waals surface area (Å²) in [5, 5.41) is 2.79. The van der Waals surface area contributed by atoms with Gasteiger partial charge in [-0.3, -0.25) is 9.69 Å². The first-order chi connectivity index (χ1) is 12.7. The van der Waals surface area contributed by atoms with E-state index in [-0.39, 0.29) is 17.3 Å². The monoisotopic (exact) mass is 407 g/mol. The van der Waals surface area contributed by atoms with Crippen LogP contribution in [0.3, 0.4) is 0 Å². The lowest BCUT2D eigenvalue weighted by atomic mass is 10.2. The van der Waals surface area contributed by atoms with E-state index in [9.17, 15) is 13.2 Å². The average molecular weight is 408 g/mol. The van der Waals surface area contributed by atoms with E-state index < -0.39 is 10.0 Å². The Bertz CT molecular complexity index is 864. The van der Waals surface area contributed by atoms with Gasteiger partial charge in [0.05, 0.1) is 11.4 Å². The lowest BCUT2D eigenvalue weighted by Gasteiger charge is -2.17. The summed E-state index contributed by atoms with van der Waals surface area (Å²) in [6, 6.07) is 14.4. The SMILES string of the molecule is CSc1ccc(CN(C)CC(=O)Nc2ccc(S(=O)(=O)N(C)C)cc2)cc1. The number of hydrogen-bond donors (Lipinski definition) is 1. The van der Waals surface area contributed by atoms with Crippen molar-refractivity contribution in [2.24, 2.45) is 0 Å². The van der Waals surface area contributed by atoms with Crippen LogP contribution < -0.4 is 5.32 Å². The molecule has 2 rings (SSSR count). The minimum atomic E-state index is -3.47. The molecule has 0 saturated heterocycles. The molecule has 0 unspecified atom stereocenters. The lowest BCUT2D eigenvalue weighted by molar-refractivity contribution is -0.117. The molecule has 0 saturated carbocycles. The Hall–Kier alpha value is -1.87. The molecule has 0 aliphatic carbocycles. The molecule has 1 amide bonds. The van der Waals surface area contributed by atoms with Gasteiger partial charge >= 0.3 is 0 Å². The number of benzene rings is 2. The van der Waals surface area contributed by atoms with E-state index in [1.165, 1.54) is 31.1 Å². The van der Waals surface area contributed by atoms with Crippen molar-refractivity contribution in [3.05, 3.63) is 54.1 Å². The predicted molar refractivity (Wildman–Crippen MR) is 111 cm³/mol. The van der Waals surface area contributed by atoms with Crippen LogP contribution >= 0.6 is 11.8 Å². The van der Waals surface area contributed by atoms with Gasteiger partial charge in [0, 0.05) is 31.2 Å². The lowest BCUT2D eigenvalue weighted by Crippen LogP contribution is -2.29. The van der Waals surface area contributed by atoms with Crippen molar-refractivity contribution in [2.45, 2.75) is 16.3 Å². The minimum Gasteiger partial charge on any atom is -0.325 e. The molecule has 0 aliphatic heterocycles. The molecule has 2 aromatic carbocycles. The highest BCUT2D eigenvalue weighted by Crippen LogP contribution is 2.17. The van der Waals surface area contributed by atoms with E-state index in [1.54, 1.807) is 23.9 Å². The third-order valence-electron chi connectivity index (χ3n) is 3.94. The van der Waals surface area contributed by atoms with Crippen LogP contribution in [0.25, 0.3) is 0 Å². The van der Waals surface area contributed by atoms with Crippen molar-refractivity contribution < 1.29 is 13.2 Å². The van der Waals surface area contributed by atoms with Gasteiger partial charge in [-0.1, -0.05) is 12.1 Å². The Balaban J connectivity index is 1.91. The van der Waals surface area contributed by atoms with Crippen LogP contribution in [0.2, 0.25) is 0 Å². The molecule has 6 nitrogen and oxygen atoms in total. The summed E-state index contributed by atoms with van der Waals surface area (Å²) in [7, 11) is 1.38. The van der Waals surface area contributed by atoms with Gasteiger partial charge in [-0.05, 0) is 55.3 Å². The molecule has 146 valence electrons. The second kappa shape index (κ2) is 9.36. The van der Waals surface area contributed by atoms with E-state index in [0.29, 0.717) is 12.2 Å². The Morgan fingerprint density at radius 1 is 1.00 bits per heavy atom. The van der Waals surface area contributed by atoms with Crippen LogP contribution in [-0.2, 0) is 21.4 Å². The van der Waals surface area contributed by atoms with Gasteiger partial charge in [-0.15, -0.1) is 11.8 Å². The largest absolute Gasteiger partial charge is 0.325 e. The number of anilines is 1. The summed E-state index contributed by atoms with van der Waals surface area (Å²) < 4.78 is 25.3. The zero-order valence-corrected chi connectivity index (χ0v) is 17.6. The molecule has 0 aliphatic rings. The average Bonchev–Trinajstić information content (AvgIpc) is 2.62. The number of likely N-dealkylation sites (N-methyl/N-ethyl adjacent to an activating group) is 1. The minimum absolute atomic E-state index is 0.151. The Labute approximate surface area is 165 Å². The van der Waals surface area contributed by atoms with Crippen LogP contribution in [0.1, 0.15) is 5.56 Å². The van der Waals surface area contributed by atoms with Crippen LogP contribution in [-0.4, -0.2) is 57.5 Å². The van der Waals surface area contributed by atoms with Gasteiger partial charge in [-0.25, -0.2) is 12.7 Å². The maximum atomic E-state index is 12.2. The van der Waals surface area contributed by atoms with E-state index in [0.717, 1.165) is 9.87 Å². The number of nitrogens with one attached hydrogen (secondary N) is 1. The smallest absolute Gasteiger partial charge is 0.242 e. The second-order valence-corrected chi connectivity index (χ2v) is 9.41. The van der Waals surface area contributed by atoms with Crippen molar-refractivity contribution in [1.29, 1.82) is 0 Å². The van der Waals surface area contributed by atoms with E-state index in [2.05, 4.69) is 29.6 Å². The number of carbonyl (C=O) groups excluding carboxylic acids is 1. The molecule has 0 fully saturated rings. The standard InChI is InChI=1S/C19H25N3O3S2/c1-21(2)27(24,25)18-11-7-16(8-12-18)20-19(23)14-22(3)13-15-5-9-17(26-4)10-6-15/h5-12H,13-14H2,1-4H3,(H,20,23). The van der Waals surface area contributed by atoms with Crippen LogP contribution in [0.4, 0.5) is 5.69 Å². The normalized spacial score (nSPS) is 11.8. The van der Waals surface area contributed by atoms with Crippen molar-refractivity contribution in [3.8, 4) is 0 Å². The van der Waals surface area contributed by atoms with E-state index >= 15 is 0 Å². The highest BCUT2D eigenvalue weighted by atomic mass is 32.2. The Kier molecular flexibility index (Phi) is 7.43. The van der Waals surface area contributed by atoms with Crippen LogP contribution in [0, 0.1) is 0 Å². The second-order valence-electron chi connectivity index (χ2n) is 6.38. The predicted octanol–water partition coefficient (Wildman–Crippen LogP) is 2.73. The molecule has 0 bridgehead atoms. The fraction of sp³-hybridized carbons (Fsp3) is 0.316. The number of carbonyl (C=O) groups is 1. The highest BCUT2D eigenvalue weighted by molar-refractivity contribution is 7.98. The van der Waals surface area contributed by atoms with Crippen molar-refractivity contribution >= 4 is 33.4 Å². The summed E-state index contributed by atoms with van der Waals surface area (Å²) in [6.45, 7) is 0.907. The molecule has 8 heteroatoms. The van der Waals surface area contributed by atoms with Gasteiger partial charge in [0.2, 0.25) is 15.9 Å². The van der Waals surface area contributed by atoms with Crippen molar-refractivity contribution in [1.82, 2.24) is 9.21 Å². The number of hydrogen-bond acceptors (Lipinski definition) is 5. The molecular formula is C19H25N3O3S2. The number of thioether (sulfide) groups is 1. The first kappa shape index (κ1) is 21.4. The summed E-state index contributed by atoms with van der Waals surface area (Å²) in [5.41, 5.74) is 1.71. The maximum Gasteiger partial charge on any atom is 0.242 e. The molecule has 2 aromatic rings. The van der Waals surface area contributed by atoms with Crippen molar-refractivity contribution in [2.75, 3.05) is 39.3 Å². The van der Waals surface area contributed by atoms with E-state index in [1.807, 2.05) is 18.2 Å². The number of rotatable bonds is 8. The molecule has 1 N–H and O–H groups in total. The summed E-state index contributed by atoms with van der Waals surface area (Å²) in [5.74, 6) is -0.151. The summed E-state index contributed by atoms with van der Waals surface area (Å²) in [6.07, 6.45) is 2.04. The van der Waals surface area contributed by atoms with Gasteiger partial charge < -0.3 is 5.32 Å². The molecule has 0 radical (unpaired) electrons. The Morgan fingerprint density at radius 2 is 1.59 bits per heavy atom. The molecular weight excluding hydrogens is 382 g/mol. The van der Waals surface area contributed by atoms with Gasteiger partial charge in [0.15, 0.2) is 0 Å². The van der Waals surface area contributed by atoms with Crippen LogP contribution in [0.15, 0.2) is 58.3 Å². The first-order valence-electron chi connectivity index (χ1n) is 8.36. The molecule has 0 heterocycles. The molecule has 27 heavy (non-hydrogen) atoms. The third kappa shape index (κ3) is 6.07. The van der Waals surface area contributed by atoms with Crippen LogP contribution in [0.5, 0.6) is 0 Å². The zero-order chi connectivity index (χ0) is 20.0. The number of amides is 1. The van der Waals surface area contributed by atoms with Crippen molar-refractivity contribution in [3.63, 3.8) is 0 Å². The molecule has 0 spiro atoms. The van der Waals surface area contributed by atoms with Gasteiger partial charge in [0.1, 0.15) is 0 Å². The van der Waals surface area contributed by atoms with E-state index in [4.69, 9.17) is 0 Å². The quantitative estimate of drug-likeness (QED) is 0.682. The summed E-state index contributed by atoms with van der Waals surface area (Å²) >= 11 is 1.69. The highest BCUT2D eigenvalue weighted by Gasteiger charge is 2.17. The summed E-state index contributed by atoms with van der Waals surface area (Å²) in [4.78, 5) is 15.5. The fourth-order valence-corrected chi connectivity index (χ4v) is 3.78. The zero-order valence-electron chi connectivity index (χ0n) is 16.0. The molecule has 0 atom stereocenters. The maximum absolute atomic E-state index is 12.2. The molecule has 0 aromatic heterocycles. The number of sulfonamides is 1. The topological polar surface area (TPSA) is 69.7 Å². The third-order valence-corrected chi connectivity index (χ3v) is 6.51. The number of nitrogens with zero attached hydrogens (tertiary/aromatic N) is 2. The Morgan fingerprint density at radius 3 is 2.11 bits per heavy atom. The first-order valence-corrected chi connectivity index (χ1v) is 11.0. The van der Waals surface area contributed by atoms with Gasteiger partial charge in [-0.2, -0.15) is 0 Å². The van der Waals surface area contributed by atoms with Gasteiger partial charge in [0.25, 0.3) is 0 Å².